The van der Waals surface area contributed by atoms with E-state index in [1.54, 1.807) is 6.92 Å². The predicted octanol–water partition coefficient (Wildman–Crippen LogP) is 0.638. The molecule has 0 unspecified atom stereocenters. The van der Waals surface area contributed by atoms with Gasteiger partial charge in [-0.3, -0.25) is 4.79 Å². The number of piperazine rings is 1. The molecule has 0 saturated carbocycles. The lowest BCUT2D eigenvalue weighted by molar-refractivity contribution is -0.130. The Morgan fingerprint density at radius 3 is 2.42 bits per heavy atom. The van der Waals surface area contributed by atoms with Crippen molar-refractivity contribution in [2.45, 2.75) is 26.3 Å². The molecule has 1 aliphatic heterocycles. The van der Waals surface area contributed by atoms with Gasteiger partial charge in [0.05, 0.1) is 0 Å². The van der Waals surface area contributed by atoms with Gasteiger partial charge in [-0.05, 0) is 13.8 Å². The van der Waals surface area contributed by atoms with Gasteiger partial charge in [0.2, 0.25) is 5.91 Å². The van der Waals surface area contributed by atoms with Gasteiger partial charge in [-0.1, -0.05) is 0 Å². The molecule has 0 atom stereocenters. The summed E-state index contributed by atoms with van der Waals surface area (Å²) in [5, 5.41) is 3.35. The molecule has 1 saturated heterocycles. The molecule has 0 radical (unpaired) electrons. The van der Waals surface area contributed by atoms with Crippen molar-refractivity contribution < 1.29 is 4.79 Å². The lowest BCUT2D eigenvalue weighted by Crippen LogP contribution is -2.57. The average molecular weight is 193 g/mol. The number of hydrogen-bond donors (Lipinski definition) is 1. The Kier molecular flexibility index (Phi) is 4.00. The molecular weight excluding hydrogens is 176 g/mol. The quantitative estimate of drug-likeness (QED) is 0.611. The van der Waals surface area contributed by atoms with Gasteiger partial charge in [0, 0.05) is 32.1 Å². The van der Waals surface area contributed by atoms with E-state index in [1.807, 2.05) is 4.90 Å². The lowest BCUT2D eigenvalue weighted by Gasteiger charge is -2.38. The van der Waals surface area contributed by atoms with E-state index in [0.29, 0.717) is 0 Å². The maximum absolute atomic E-state index is 11.0. The van der Waals surface area contributed by atoms with Crippen molar-refractivity contribution in [1.82, 2.24) is 10.2 Å². The van der Waals surface area contributed by atoms with E-state index in [4.69, 9.17) is 0 Å². The van der Waals surface area contributed by atoms with Gasteiger partial charge in [-0.25, -0.2) is 0 Å². The Morgan fingerprint density at radius 2 is 2.08 bits per heavy atom. The number of carbonyl (C=O) groups is 1. The Bertz CT molecular complexity index is 170. The number of nitrogens with zero attached hydrogens (tertiary/aromatic N) is 1. The molecule has 12 heavy (non-hydrogen) atoms. The van der Waals surface area contributed by atoms with Crippen LogP contribution in [0, 0.1) is 0 Å². The van der Waals surface area contributed by atoms with E-state index in [1.165, 1.54) is 0 Å². The average Bonchev–Trinajstić information content (AvgIpc) is 1.85. The molecule has 0 aromatic carbocycles. The van der Waals surface area contributed by atoms with Crippen LogP contribution in [0.4, 0.5) is 0 Å². The third-order valence-corrected chi connectivity index (χ3v) is 2.02. The summed E-state index contributed by atoms with van der Waals surface area (Å²) >= 11 is 0. The molecule has 4 heteroatoms. The SMILES string of the molecule is CC(=O)N1CCNC(C)(C)C1.Cl. The molecule has 1 heterocycles. The van der Waals surface area contributed by atoms with Crippen molar-refractivity contribution in [3.63, 3.8) is 0 Å². The van der Waals surface area contributed by atoms with Crippen molar-refractivity contribution in [3.05, 3.63) is 0 Å². The Balaban J connectivity index is 0.00000121. The number of rotatable bonds is 0. The molecular formula is C8H17ClN2O. The standard InChI is InChI=1S/C8H16N2O.ClH/c1-7(11)10-5-4-9-8(2,3)6-10;/h9H,4-6H2,1-3H3;1H. The summed E-state index contributed by atoms with van der Waals surface area (Å²) in [4.78, 5) is 12.9. The summed E-state index contributed by atoms with van der Waals surface area (Å²) in [6, 6.07) is 0. The Morgan fingerprint density at radius 1 is 1.50 bits per heavy atom. The fourth-order valence-electron chi connectivity index (χ4n) is 1.41. The lowest BCUT2D eigenvalue weighted by atomic mass is 10.0. The number of amides is 1. The Labute approximate surface area is 79.9 Å². The van der Waals surface area contributed by atoms with Gasteiger partial charge in [-0.15, -0.1) is 12.4 Å². The van der Waals surface area contributed by atoms with Crippen LogP contribution in [0.25, 0.3) is 0 Å². The van der Waals surface area contributed by atoms with E-state index in [9.17, 15) is 4.79 Å². The second-order valence-electron chi connectivity index (χ2n) is 3.75. The third-order valence-electron chi connectivity index (χ3n) is 2.02. The highest BCUT2D eigenvalue weighted by Gasteiger charge is 2.26. The van der Waals surface area contributed by atoms with Gasteiger partial charge in [0.15, 0.2) is 0 Å². The molecule has 1 N–H and O–H groups in total. The van der Waals surface area contributed by atoms with Crippen molar-refractivity contribution in [2.24, 2.45) is 0 Å². The first-order valence-corrected chi connectivity index (χ1v) is 4.02. The summed E-state index contributed by atoms with van der Waals surface area (Å²) in [6.07, 6.45) is 0. The number of nitrogens with one attached hydrogen (secondary N) is 1. The molecule has 0 aromatic rings. The number of halogens is 1. The third kappa shape index (κ3) is 2.99. The summed E-state index contributed by atoms with van der Waals surface area (Å²) in [6.45, 7) is 8.43. The number of carbonyl (C=O) groups excluding carboxylic acids is 1. The van der Waals surface area contributed by atoms with Crippen LogP contribution in [0.1, 0.15) is 20.8 Å². The molecule has 1 fully saturated rings. The zero-order valence-electron chi connectivity index (χ0n) is 7.89. The van der Waals surface area contributed by atoms with Crippen molar-refractivity contribution in [1.29, 1.82) is 0 Å². The molecule has 0 aromatic heterocycles. The van der Waals surface area contributed by atoms with E-state index in [-0.39, 0.29) is 23.9 Å². The van der Waals surface area contributed by atoms with Crippen LogP contribution in [0.15, 0.2) is 0 Å². The van der Waals surface area contributed by atoms with Crippen LogP contribution in [0.2, 0.25) is 0 Å². The van der Waals surface area contributed by atoms with Gasteiger partial charge in [-0.2, -0.15) is 0 Å². The molecule has 0 aliphatic carbocycles. The van der Waals surface area contributed by atoms with Crippen LogP contribution in [0.3, 0.4) is 0 Å². The first-order chi connectivity index (χ1) is 5.01. The minimum absolute atomic E-state index is 0. The Hall–Kier alpha value is -0.280. The summed E-state index contributed by atoms with van der Waals surface area (Å²) in [5.74, 6) is 0.180. The fraction of sp³-hybridized carbons (Fsp3) is 0.875. The number of hydrogen-bond acceptors (Lipinski definition) is 2. The van der Waals surface area contributed by atoms with Gasteiger partial charge < -0.3 is 10.2 Å². The minimum Gasteiger partial charge on any atom is -0.340 e. The first kappa shape index (κ1) is 11.7. The van der Waals surface area contributed by atoms with Crippen LogP contribution >= 0.6 is 12.4 Å². The van der Waals surface area contributed by atoms with Crippen molar-refractivity contribution >= 4 is 18.3 Å². The first-order valence-electron chi connectivity index (χ1n) is 4.02. The largest absolute Gasteiger partial charge is 0.340 e. The van der Waals surface area contributed by atoms with E-state index in [0.717, 1.165) is 19.6 Å². The van der Waals surface area contributed by atoms with Gasteiger partial charge in [0.1, 0.15) is 0 Å². The highest BCUT2D eigenvalue weighted by molar-refractivity contribution is 5.85. The van der Waals surface area contributed by atoms with Crippen LogP contribution in [0.5, 0.6) is 0 Å². The second kappa shape index (κ2) is 4.10. The molecule has 1 amide bonds. The van der Waals surface area contributed by atoms with Gasteiger partial charge in [0.25, 0.3) is 0 Å². The predicted molar refractivity (Wildman–Crippen MR) is 51.6 cm³/mol. The molecule has 0 bridgehead atoms. The van der Waals surface area contributed by atoms with E-state index in [2.05, 4.69) is 19.2 Å². The topological polar surface area (TPSA) is 32.3 Å². The molecule has 0 spiro atoms. The summed E-state index contributed by atoms with van der Waals surface area (Å²) in [5.41, 5.74) is 0.0872. The molecule has 1 aliphatic rings. The summed E-state index contributed by atoms with van der Waals surface area (Å²) in [7, 11) is 0. The second-order valence-corrected chi connectivity index (χ2v) is 3.75. The van der Waals surface area contributed by atoms with Crippen molar-refractivity contribution in [3.8, 4) is 0 Å². The smallest absolute Gasteiger partial charge is 0.219 e. The highest BCUT2D eigenvalue weighted by atomic mass is 35.5. The van der Waals surface area contributed by atoms with Crippen LogP contribution in [-0.4, -0.2) is 36.0 Å². The summed E-state index contributed by atoms with van der Waals surface area (Å²) < 4.78 is 0. The van der Waals surface area contributed by atoms with E-state index < -0.39 is 0 Å². The minimum atomic E-state index is 0. The highest BCUT2D eigenvalue weighted by Crippen LogP contribution is 2.09. The van der Waals surface area contributed by atoms with Crippen LogP contribution in [-0.2, 0) is 4.79 Å². The normalized spacial score (nSPS) is 21.4. The fourth-order valence-corrected chi connectivity index (χ4v) is 1.41. The van der Waals surface area contributed by atoms with Crippen molar-refractivity contribution in [2.75, 3.05) is 19.6 Å². The van der Waals surface area contributed by atoms with Gasteiger partial charge >= 0.3 is 0 Å². The van der Waals surface area contributed by atoms with Crippen LogP contribution < -0.4 is 5.32 Å². The maximum atomic E-state index is 11.0. The molecule has 3 nitrogen and oxygen atoms in total. The maximum Gasteiger partial charge on any atom is 0.219 e. The zero-order valence-corrected chi connectivity index (χ0v) is 8.70. The molecule has 72 valence electrons. The van der Waals surface area contributed by atoms with E-state index >= 15 is 0 Å². The molecule has 1 rings (SSSR count). The zero-order chi connectivity index (χ0) is 8.48. The monoisotopic (exact) mass is 192 g/mol.